The Bertz CT molecular complexity index is 369. The summed E-state index contributed by atoms with van der Waals surface area (Å²) >= 11 is 0. The lowest BCUT2D eigenvalue weighted by Crippen LogP contribution is -2.43. The van der Waals surface area contributed by atoms with Crippen LogP contribution in [0.1, 0.15) is 38.4 Å². The zero-order valence-corrected chi connectivity index (χ0v) is 12.9. The molecule has 2 heterocycles. The van der Waals surface area contributed by atoms with Crippen molar-refractivity contribution in [3.05, 3.63) is 11.7 Å². The third-order valence-corrected chi connectivity index (χ3v) is 3.37. The zero-order chi connectivity index (χ0) is 13.0. The SMILES string of the molecule is CNC1CCCN(Cc2nc(CC(C)C)no2)C1.Cl. The number of rotatable bonds is 5. The van der Waals surface area contributed by atoms with E-state index in [-0.39, 0.29) is 12.4 Å². The quantitative estimate of drug-likeness (QED) is 0.896. The van der Waals surface area contributed by atoms with Crippen LogP contribution in [0.15, 0.2) is 4.52 Å². The summed E-state index contributed by atoms with van der Waals surface area (Å²) in [7, 11) is 2.03. The Morgan fingerprint density at radius 2 is 2.26 bits per heavy atom. The molecule has 0 amide bonds. The summed E-state index contributed by atoms with van der Waals surface area (Å²) in [4.78, 5) is 6.84. The smallest absolute Gasteiger partial charge is 0.240 e. The minimum absolute atomic E-state index is 0. The highest BCUT2D eigenvalue weighted by atomic mass is 35.5. The third-order valence-electron chi connectivity index (χ3n) is 3.37. The van der Waals surface area contributed by atoms with Gasteiger partial charge in [0.25, 0.3) is 0 Å². The zero-order valence-electron chi connectivity index (χ0n) is 12.1. The lowest BCUT2D eigenvalue weighted by molar-refractivity contribution is 0.167. The average Bonchev–Trinajstić information content (AvgIpc) is 2.76. The second-order valence-electron chi connectivity index (χ2n) is 5.57. The Morgan fingerprint density at radius 1 is 1.47 bits per heavy atom. The van der Waals surface area contributed by atoms with Crippen LogP contribution in [0.3, 0.4) is 0 Å². The van der Waals surface area contributed by atoms with E-state index in [0.717, 1.165) is 37.8 Å². The average molecular weight is 289 g/mol. The van der Waals surface area contributed by atoms with Gasteiger partial charge in [-0.25, -0.2) is 0 Å². The normalized spacial score (nSPS) is 20.5. The number of likely N-dealkylation sites (tertiary alicyclic amines) is 1. The van der Waals surface area contributed by atoms with E-state index >= 15 is 0 Å². The van der Waals surface area contributed by atoms with E-state index in [0.29, 0.717) is 12.0 Å². The summed E-state index contributed by atoms with van der Waals surface area (Å²) in [5.74, 6) is 2.16. The van der Waals surface area contributed by atoms with Crippen molar-refractivity contribution in [2.45, 2.75) is 45.7 Å². The fraction of sp³-hybridized carbons (Fsp3) is 0.846. The second kappa shape index (κ2) is 7.82. The Morgan fingerprint density at radius 3 is 2.95 bits per heavy atom. The molecule has 110 valence electrons. The summed E-state index contributed by atoms with van der Waals surface area (Å²) in [6, 6.07) is 0.594. The van der Waals surface area contributed by atoms with Crippen LogP contribution in [0.25, 0.3) is 0 Å². The highest BCUT2D eigenvalue weighted by Gasteiger charge is 2.20. The number of likely N-dealkylation sites (N-methyl/N-ethyl adjacent to an activating group) is 1. The predicted octanol–water partition coefficient (Wildman–Crippen LogP) is 1.87. The molecule has 1 aromatic rings. The highest BCUT2D eigenvalue weighted by molar-refractivity contribution is 5.85. The van der Waals surface area contributed by atoms with Gasteiger partial charge in [-0.1, -0.05) is 19.0 Å². The van der Waals surface area contributed by atoms with Gasteiger partial charge in [0.1, 0.15) is 0 Å². The molecular formula is C13H25ClN4O. The fourth-order valence-electron chi connectivity index (χ4n) is 2.43. The van der Waals surface area contributed by atoms with Crippen LogP contribution in [-0.4, -0.2) is 41.2 Å². The molecule has 6 heteroatoms. The molecular weight excluding hydrogens is 264 g/mol. The molecule has 1 atom stereocenters. The minimum atomic E-state index is 0. The first kappa shape index (κ1) is 16.4. The van der Waals surface area contributed by atoms with E-state index in [1.54, 1.807) is 0 Å². The molecule has 0 radical (unpaired) electrons. The van der Waals surface area contributed by atoms with E-state index < -0.39 is 0 Å². The number of nitrogens with zero attached hydrogens (tertiary/aromatic N) is 3. The molecule has 2 rings (SSSR count). The summed E-state index contributed by atoms with van der Waals surface area (Å²) in [6.45, 7) is 7.30. The molecule has 0 bridgehead atoms. The first-order valence-electron chi connectivity index (χ1n) is 6.88. The largest absolute Gasteiger partial charge is 0.338 e. The number of hydrogen-bond acceptors (Lipinski definition) is 5. The third kappa shape index (κ3) is 5.09. The van der Waals surface area contributed by atoms with Gasteiger partial charge in [0.15, 0.2) is 5.82 Å². The Hall–Kier alpha value is -0.650. The lowest BCUT2D eigenvalue weighted by Gasteiger charge is -2.31. The van der Waals surface area contributed by atoms with Gasteiger partial charge < -0.3 is 9.84 Å². The number of piperidine rings is 1. The van der Waals surface area contributed by atoms with E-state index in [2.05, 4.69) is 34.2 Å². The van der Waals surface area contributed by atoms with E-state index in [1.807, 2.05) is 7.05 Å². The number of nitrogens with one attached hydrogen (secondary N) is 1. The molecule has 1 saturated heterocycles. The second-order valence-corrected chi connectivity index (χ2v) is 5.57. The topological polar surface area (TPSA) is 54.2 Å². The molecule has 1 aliphatic heterocycles. The molecule has 0 aliphatic carbocycles. The maximum atomic E-state index is 5.31. The first-order valence-corrected chi connectivity index (χ1v) is 6.88. The Balaban J connectivity index is 0.00000180. The summed E-state index contributed by atoms with van der Waals surface area (Å²) in [5, 5.41) is 7.38. The van der Waals surface area contributed by atoms with Crippen molar-refractivity contribution in [1.29, 1.82) is 0 Å². The number of halogens is 1. The number of hydrogen-bond donors (Lipinski definition) is 1. The van der Waals surface area contributed by atoms with Crippen LogP contribution in [-0.2, 0) is 13.0 Å². The van der Waals surface area contributed by atoms with Crippen molar-refractivity contribution < 1.29 is 4.52 Å². The molecule has 1 fully saturated rings. The van der Waals surface area contributed by atoms with Gasteiger partial charge in [-0.2, -0.15) is 4.98 Å². The van der Waals surface area contributed by atoms with Crippen LogP contribution in [0.4, 0.5) is 0 Å². The van der Waals surface area contributed by atoms with Gasteiger partial charge in [-0.3, -0.25) is 4.90 Å². The van der Waals surface area contributed by atoms with Crippen molar-refractivity contribution in [1.82, 2.24) is 20.4 Å². The maximum Gasteiger partial charge on any atom is 0.240 e. The molecule has 1 aromatic heterocycles. The number of aromatic nitrogens is 2. The maximum absolute atomic E-state index is 5.31. The van der Waals surface area contributed by atoms with Gasteiger partial charge in [-0.05, 0) is 32.4 Å². The summed E-state index contributed by atoms with van der Waals surface area (Å²) < 4.78 is 5.31. The molecule has 1 N–H and O–H groups in total. The molecule has 0 saturated carbocycles. The van der Waals surface area contributed by atoms with Crippen molar-refractivity contribution in [3.8, 4) is 0 Å². The Kier molecular flexibility index (Phi) is 6.75. The molecule has 0 spiro atoms. The lowest BCUT2D eigenvalue weighted by atomic mass is 10.1. The summed E-state index contributed by atoms with van der Waals surface area (Å²) in [5.41, 5.74) is 0. The van der Waals surface area contributed by atoms with E-state index in [9.17, 15) is 0 Å². The van der Waals surface area contributed by atoms with E-state index in [4.69, 9.17) is 4.52 Å². The first-order chi connectivity index (χ1) is 8.67. The van der Waals surface area contributed by atoms with Crippen molar-refractivity contribution in [2.75, 3.05) is 20.1 Å². The molecule has 1 aliphatic rings. The fourth-order valence-corrected chi connectivity index (χ4v) is 2.43. The van der Waals surface area contributed by atoms with Crippen LogP contribution in [0.2, 0.25) is 0 Å². The van der Waals surface area contributed by atoms with Gasteiger partial charge in [0, 0.05) is 19.0 Å². The highest BCUT2D eigenvalue weighted by Crippen LogP contribution is 2.13. The molecule has 19 heavy (non-hydrogen) atoms. The standard InChI is InChI=1S/C13H24N4O.ClH/c1-10(2)7-12-15-13(18-16-12)9-17-6-4-5-11(8-17)14-3;/h10-11,14H,4-9H2,1-3H3;1H. The van der Waals surface area contributed by atoms with Gasteiger partial charge in [-0.15, -0.1) is 12.4 Å². The molecule has 0 aromatic carbocycles. The monoisotopic (exact) mass is 288 g/mol. The minimum Gasteiger partial charge on any atom is -0.338 e. The van der Waals surface area contributed by atoms with Crippen LogP contribution >= 0.6 is 12.4 Å². The van der Waals surface area contributed by atoms with Gasteiger partial charge >= 0.3 is 0 Å². The Labute approximate surface area is 121 Å². The van der Waals surface area contributed by atoms with Gasteiger partial charge in [0.05, 0.1) is 6.54 Å². The van der Waals surface area contributed by atoms with Crippen LogP contribution in [0, 0.1) is 5.92 Å². The van der Waals surface area contributed by atoms with Crippen molar-refractivity contribution in [2.24, 2.45) is 5.92 Å². The van der Waals surface area contributed by atoms with Crippen molar-refractivity contribution >= 4 is 12.4 Å². The van der Waals surface area contributed by atoms with Crippen molar-refractivity contribution in [3.63, 3.8) is 0 Å². The van der Waals surface area contributed by atoms with Gasteiger partial charge in [0.2, 0.25) is 5.89 Å². The molecule has 5 nitrogen and oxygen atoms in total. The van der Waals surface area contributed by atoms with Crippen LogP contribution in [0.5, 0.6) is 0 Å². The summed E-state index contributed by atoms with van der Waals surface area (Å²) in [6.07, 6.45) is 3.39. The predicted molar refractivity (Wildman–Crippen MR) is 77.4 cm³/mol. The van der Waals surface area contributed by atoms with Crippen LogP contribution < -0.4 is 5.32 Å². The molecule has 1 unspecified atom stereocenters. The van der Waals surface area contributed by atoms with E-state index in [1.165, 1.54) is 12.8 Å².